The fourth-order valence-electron chi connectivity index (χ4n) is 1.72. The topological polar surface area (TPSA) is 38.7 Å². The van der Waals surface area contributed by atoms with E-state index in [1.165, 1.54) is 11.8 Å². The van der Waals surface area contributed by atoms with Crippen molar-refractivity contribution in [3.05, 3.63) is 35.0 Å². The van der Waals surface area contributed by atoms with Crippen molar-refractivity contribution >= 4 is 39.1 Å². The Morgan fingerprint density at radius 3 is 2.89 bits per heavy atom. The second-order valence-corrected chi connectivity index (χ2v) is 6.43. The number of hydrogen-bond acceptors (Lipinski definition) is 5. The van der Waals surface area contributed by atoms with Crippen molar-refractivity contribution < 1.29 is 9.53 Å². The number of hydrogen-bond donors (Lipinski definition) is 0. The number of methoxy groups -OCH3 is 1. The standard InChI is InChI=1S/C14H15NO2S2/c1-4-18-14-15-11(13(16)19-14)8-10-5-6-12(17-3)9(2)7-10/h5-8H,4H2,1-3H3/b11-8-. The summed E-state index contributed by atoms with van der Waals surface area (Å²) in [6.45, 7) is 4.03. The molecule has 0 aliphatic carbocycles. The first kappa shape index (κ1) is 14.2. The predicted molar refractivity (Wildman–Crippen MR) is 83.9 cm³/mol. The fraction of sp³-hybridized carbons (Fsp3) is 0.286. The minimum absolute atomic E-state index is 0.0180. The lowest BCUT2D eigenvalue weighted by Crippen LogP contribution is -1.90. The summed E-state index contributed by atoms with van der Waals surface area (Å²) < 4.78 is 6.05. The van der Waals surface area contributed by atoms with Crippen LogP contribution < -0.4 is 4.74 Å². The monoisotopic (exact) mass is 293 g/mol. The molecule has 2 rings (SSSR count). The van der Waals surface area contributed by atoms with Crippen LogP contribution in [-0.4, -0.2) is 22.4 Å². The maximum absolute atomic E-state index is 11.8. The molecule has 1 aromatic carbocycles. The Bertz CT molecular complexity index is 565. The highest BCUT2D eigenvalue weighted by Crippen LogP contribution is 2.31. The van der Waals surface area contributed by atoms with Gasteiger partial charge in [0.2, 0.25) is 5.12 Å². The van der Waals surface area contributed by atoms with E-state index < -0.39 is 0 Å². The Morgan fingerprint density at radius 1 is 1.47 bits per heavy atom. The molecule has 0 saturated carbocycles. The molecular weight excluding hydrogens is 278 g/mol. The summed E-state index contributed by atoms with van der Waals surface area (Å²) in [5.41, 5.74) is 2.53. The second kappa shape index (κ2) is 6.30. The van der Waals surface area contributed by atoms with Crippen LogP contribution >= 0.6 is 23.5 Å². The second-order valence-electron chi connectivity index (χ2n) is 3.96. The van der Waals surface area contributed by atoms with Gasteiger partial charge in [-0.25, -0.2) is 4.99 Å². The molecule has 0 aromatic heterocycles. The molecule has 1 aliphatic rings. The number of nitrogens with zero attached hydrogens (tertiary/aromatic N) is 1. The van der Waals surface area contributed by atoms with E-state index in [9.17, 15) is 4.79 Å². The van der Waals surface area contributed by atoms with Gasteiger partial charge in [-0.15, -0.1) is 0 Å². The Labute approximate surface area is 121 Å². The Hall–Kier alpha value is -1.20. The number of aliphatic imine (C=N–C) groups is 1. The molecule has 1 aliphatic heterocycles. The largest absolute Gasteiger partial charge is 0.496 e. The maximum Gasteiger partial charge on any atom is 0.244 e. The van der Waals surface area contributed by atoms with Crippen LogP contribution in [0.1, 0.15) is 18.1 Å². The lowest BCUT2D eigenvalue weighted by molar-refractivity contribution is -0.107. The molecule has 5 heteroatoms. The zero-order valence-electron chi connectivity index (χ0n) is 11.1. The van der Waals surface area contributed by atoms with Crippen LogP contribution in [0, 0.1) is 6.92 Å². The Balaban J connectivity index is 2.26. The number of benzene rings is 1. The van der Waals surface area contributed by atoms with Crippen molar-refractivity contribution in [1.82, 2.24) is 0 Å². The van der Waals surface area contributed by atoms with Crippen molar-refractivity contribution in [2.75, 3.05) is 12.9 Å². The first-order chi connectivity index (χ1) is 9.13. The molecule has 0 amide bonds. The lowest BCUT2D eigenvalue weighted by Gasteiger charge is -2.04. The third kappa shape index (κ3) is 3.42. The van der Waals surface area contributed by atoms with Crippen molar-refractivity contribution in [2.24, 2.45) is 4.99 Å². The quantitative estimate of drug-likeness (QED) is 0.796. The Morgan fingerprint density at radius 2 is 2.26 bits per heavy atom. The van der Waals surface area contributed by atoms with Crippen molar-refractivity contribution in [3.63, 3.8) is 0 Å². The van der Waals surface area contributed by atoms with Gasteiger partial charge < -0.3 is 4.74 Å². The summed E-state index contributed by atoms with van der Waals surface area (Å²) in [5.74, 6) is 1.77. The summed E-state index contributed by atoms with van der Waals surface area (Å²) >= 11 is 2.81. The van der Waals surface area contributed by atoms with Crippen LogP contribution in [0.15, 0.2) is 28.9 Å². The van der Waals surface area contributed by atoms with E-state index in [1.807, 2.05) is 38.1 Å². The predicted octanol–water partition coefficient (Wildman–Crippen LogP) is 3.73. The lowest BCUT2D eigenvalue weighted by atomic mass is 10.1. The molecule has 0 spiro atoms. The third-order valence-corrected chi connectivity index (χ3v) is 4.48. The molecule has 0 saturated heterocycles. The van der Waals surface area contributed by atoms with Gasteiger partial charge in [-0.05, 0) is 53.8 Å². The summed E-state index contributed by atoms with van der Waals surface area (Å²) in [6.07, 6.45) is 1.82. The molecule has 100 valence electrons. The number of carbonyl (C=O) groups is 1. The first-order valence-corrected chi connectivity index (χ1v) is 7.74. The maximum atomic E-state index is 11.8. The molecule has 0 radical (unpaired) electrons. The summed E-state index contributed by atoms with van der Waals surface area (Å²) in [4.78, 5) is 16.2. The van der Waals surface area contributed by atoms with Crippen LogP contribution in [0.4, 0.5) is 0 Å². The molecule has 0 fully saturated rings. The molecule has 1 heterocycles. The number of carbonyl (C=O) groups excluding carboxylic acids is 1. The van der Waals surface area contributed by atoms with E-state index in [1.54, 1.807) is 18.9 Å². The van der Waals surface area contributed by atoms with Crippen molar-refractivity contribution in [3.8, 4) is 5.75 Å². The average Bonchev–Trinajstić information content (AvgIpc) is 2.70. The van der Waals surface area contributed by atoms with E-state index >= 15 is 0 Å². The number of rotatable bonds is 3. The molecule has 0 bridgehead atoms. The van der Waals surface area contributed by atoms with Gasteiger partial charge in [0.1, 0.15) is 15.8 Å². The highest BCUT2D eigenvalue weighted by atomic mass is 32.2. The molecule has 19 heavy (non-hydrogen) atoms. The average molecular weight is 293 g/mol. The van der Waals surface area contributed by atoms with Crippen molar-refractivity contribution in [2.45, 2.75) is 13.8 Å². The van der Waals surface area contributed by atoms with Crippen molar-refractivity contribution in [1.29, 1.82) is 0 Å². The summed E-state index contributed by atoms with van der Waals surface area (Å²) in [7, 11) is 1.65. The highest BCUT2D eigenvalue weighted by molar-refractivity contribution is 8.45. The highest BCUT2D eigenvalue weighted by Gasteiger charge is 2.21. The first-order valence-electron chi connectivity index (χ1n) is 5.94. The number of aryl methyl sites for hydroxylation is 1. The normalized spacial score (nSPS) is 16.9. The van der Waals surface area contributed by atoms with Gasteiger partial charge in [0.15, 0.2) is 0 Å². The van der Waals surface area contributed by atoms with E-state index in [0.29, 0.717) is 5.70 Å². The Kier molecular flexibility index (Phi) is 4.71. The van der Waals surface area contributed by atoms with Gasteiger partial charge >= 0.3 is 0 Å². The van der Waals surface area contributed by atoms with Crippen LogP contribution in [0.5, 0.6) is 5.75 Å². The van der Waals surface area contributed by atoms with Gasteiger partial charge in [0.25, 0.3) is 0 Å². The van der Waals surface area contributed by atoms with Crippen LogP contribution in [0.3, 0.4) is 0 Å². The zero-order valence-corrected chi connectivity index (χ0v) is 12.7. The minimum Gasteiger partial charge on any atom is -0.496 e. The fourth-order valence-corrected chi connectivity index (χ4v) is 3.46. The molecule has 1 aromatic rings. The van der Waals surface area contributed by atoms with E-state index in [0.717, 1.165) is 27.0 Å². The zero-order chi connectivity index (χ0) is 13.8. The van der Waals surface area contributed by atoms with Gasteiger partial charge in [0, 0.05) is 0 Å². The van der Waals surface area contributed by atoms with E-state index in [2.05, 4.69) is 4.99 Å². The van der Waals surface area contributed by atoms with E-state index in [4.69, 9.17) is 4.74 Å². The van der Waals surface area contributed by atoms with Crippen LogP contribution in [0.2, 0.25) is 0 Å². The molecule has 0 unspecified atom stereocenters. The number of thioether (sulfide) groups is 2. The molecular formula is C14H15NO2S2. The van der Waals surface area contributed by atoms with Gasteiger partial charge in [-0.3, -0.25) is 4.79 Å². The van der Waals surface area contributed by atoms with Gasteiger partial charge in [-0.1, -0.05) is 24.8 Å². The third-order valence-electron chi connectivity index (χ3n) is 2.59. The van der Waals surface area contributed by atoms with Crippen LogP contribution in [-0.2, 0) is 4.79 Å². The summed E-state index contributed by atoms with van der Waals surface area (Å²) in [6, 6.07) is 5.82. The van der Waals surface area contributed by atoms with E-state index in [-0.39, 0.29) is 5.12 Å². The van der Waals surface area contributed by atoms with Crippen LogP contribution in [0.25, 0.3) is 6.08 Å². The molecule has 3 nitrogen and oxygen atoms in total. The molecule has 0 atom stereocenters. The molecule has 0 N–H and O–H groups in total. The summed E-state index contributed by atoms with van der Waals surface area (Å²) in [5, 5.41) is 0.0180. The van der Waals surface area contributed by atoms with Gasteiger partial charge in [0.05, 0.1) is 7.11 Å². The smallest absolute Gasteiger partial charge is 0.244 e. The number of ether oxygens (including phenoxy) is 1. The van der Waals surface area contributed by atoms with Gasteiger partial charge in [-0.2, -0.15) is 0 Å². The minimum atomic E-state index is 0.0180. The SMILES string of the molecule is CCSC1=N/C(=C\c2ccc(OC)c(C)c2)C(=O)S1.